The van der Waals surface area contributed by atoms with Crippen LogP contribution in [0.15, 0.2) is 48.5 Å². The lowest BCUT2D eigenvalue weighted by Gasteiger charge is -2.15. The minimum atomic E-state index is -0.190. The molecule has 0 radical (unpaired) electrons. The molecule has 3 rings (SSSR count). The van der Waals surface area contributed by atoms with Crippen LogP contribution in [-0.2, 0) is 11.2 Å². The molecule has 1 fully saturated rings. The Bertz CT molecular complexity index is 756. The van der Waals surface area contributed by atoms with E-state index in [9.17, 15) is 9.59 Å². The van der Waals surface area contributed by atoms with Crippen molar-refractivity contribution >= 4 is 35.6 Å². The molecule has 1 aliphatic rings. The molecule has 0 aliphatic carbocycles. The molecular weight excluding hydrogens is 350 g/mol. The maximum atomic E-state index is 12.2. The van der Waals surface area contributed by atoms with Gasteiger partial charge in [-0.3, -0.25) is 9.59 Å². The second-order valence-electron chi connectivity index (χ2n) is 6.36. The molecule has 0 atom stereocenters. The Hall–Kier alpha value is -2.53. The van der Waals surface area contributed by atoms with E-state index in [4.69, 9.17) is 5.73 Å². The third kappa shape index (κ3) is 5.23. The van der Waals surface area contributed by atoms with Gasteiger partial charge in [-0.05, 0) is 55.2 Å². The molecule has 0 unspecified atom stereocenters. The number of aryl methyl sites for hydroxylation is 1. The first-order valence-electron chi connectivity index (χ1n) is 8.65. The highest BCUT2D eigenvalue weighted by molar-refractivity contribution is 6.04. The lowest BCUT2D eigenvalue weighted by molar-refractivity contribution is -0.130. The predicted octanol–water partition coefficient (Wildman–Crippen LogP) is 3.50. The number of amides is 2. The summed E-state index contributed by atoms with van der Waals surface area (Å²) in [4.78, 5) is 26.2. The third-order valence-corrected chi connectivity index (χ3v) is 4.45. The summed E-state index contributed by atoms with van der Waals surface area (Å²) in [7, 11) is 0. The van der Waals surface area contributed by atoms with E-state index in [1.807, 2.05) is 29.2 Å². The first-order valence-corrected chi connectivity index (χ1v) is 8.65. The first kappa shape index (κ1) is 19.8. The highest BCUT2D eigenvalue weighted by atomic mass is 35.5. The van der Waals surface area contributed by atoms with Gasteiger partial charge in [0.15, 0.2) is 0 Å². The highest BCUT2D eigenvalue weighted by Crippen LogP contribution is 2.15. The Kier molecular flexibility index (Phi) is 7.04. The molecule has 1 saturated heterocycles. The molecule has 2 aromatic carbocycles. The molecule has 2 amide bonds. The van der Waals surface area contributed by atoms with E-state index in [-0.39, 0.29) is 24.2 Å². The molecular formula is C20H24ClN3O2. The SMILES string of the molecule is Cl.Nc1cccc(C(=O)Nc2ccc(CCC(=O)N3CCCC3)cc2)c1. The zero-order chi connectivity index (χ0) is 17.6. The van der Waals surface area contributed by atoms with Crippen molar-refractivity contribution in [3.8, 4) is 0 Å². The zero-order valence-electron chi connectivity index (χ0n) is 14.6. The number of likely N-dealkylation sites (tertiary alicyclic amines) is 1. The Morgan fingerprint density at radius 1 is 1.04 bits per heavy atom. The smallest absolute Gasteiger partial charge is 0.255 e. The molecule has 0 bridgehead atoms. The number of carbonyl (C=O) groups is 2. The largest absolute Gasteiger partial charge is 0.399 e. The average Bonchev–Trinajstić information content (AvgIpc) is 3.15. The number of nitrogens with zero attached hydrogens (tertiary/aromatic N) is 1. The minimum Gasteiger partial charge on any atom is -0.399 e. The van der Waals surface area contributed by atoms with Crippen LogP contribution in [0, 0.1) is 0 Å². The van der Waals surface area contributed by atoms with Gasteiger partial charge >= 0.3 is 0 Å². The summed E-state index contributed by atoms with van der Waals surface area (Å²) in [5, 5.41) is 2.85. The molecule has 138 valence electrons. The second kappa shape index (κ2) is 9.25. The summed E-state index contributed by atoms with van der Waals surface area (Å²) in [6.07, 6.45) is 3.49. The summed E-state index contributed by atoms with van der Waals surface area (Å²) in [6.45, 7) is 1.79. The number of rotatable bonds is 5. The van der Waals surface area contributed by atoms with Gasteiger partial charge in [-0.1, -0.05) is 18.2 Å². The zero-order valence-corrected chi connectivity index (χ0v) is 15.4. The first-order chi connectivity index (χ1) is 12.1. The number of nitrogens with two attached hydrogens (primary N) is 1. The van der Waals surface area contributed by atoms with E-state index in [0.717, 1.165) is 43.6 Å². The fraction of sp³-hybridized carbons (Fsp3) is 0.300. The van der Waals surface area contributed by atoms with Crippen molar-refractivity contribution < 1.29 is 9.59 Å². The molecule has 1 aliphatic heterocycles. The topological polar surface area (TPSA) is 75.4 Å². The van der Waals surface area contributed by atoms with Gasteiger partial charge in [0, 0.05) is 36.4 Å². The molecule has 6 heteroatoms. The Balaban J connectivity index is 0.00000243. The molecule has 2 aromatic rings. The maximum absolute atomic E-state index is 12.2. The number of hydrogen-bond donors (Lipinski definition) is 2. The van der Waals surface area contributed by atoms with Crippen molar-refractivity contribution in [2.75, 3.05) is 24.1 Å². The molecule has 0 spiro atoms. The number of benzene rings is 2. The highest BCUT2D eigenvalue weighted by Gasteiger charge is 2.17. The second-order valence-corrected chi connectivity index (χ2v) is 6.36. The number of hydrogen-bond acceptors (Lipinski definition) is 3. The lowest BCUT2D eigenvalue weighted by Crippen LogP contribution is -2.27. The summed E-state index contributed by atoms with van der Waals surface area (Å²) in [5.41, 5.74) is 8.61. The average molecular weight is 374 g/mol. The van der Waals surface area contributed by atoms with Crippen molar-refractivity contribution in [3.05, 3.63) is 59.7 Å². The van der Waals surface area contributed by atoms with Gasteiger partial charge < -0.3 is 16.0 Å². The van der Waals surface area contributed by atoms with Crippen molar-refractivity contribution in [2.24, 2.45) is 0 Å². The van der Waals surface area contributed by atoms with Crippen molar-refractivity contribution in [3.63, 3.8) is 0 Å². The van der Waals surface area contributed by atoms with Gasteiger partial charge in [-0.25, -0.2) is 0 Å². The van der Waals surface area contributed by atoms with Crippen LogP contribution in [0.25, 0.3) is 0 Å². The Morgan fingerprint density at radius 2 is 1.73 bits per heavy atom. The van der Waals surface area contributed by atoms with Crippen LogP contribution in [0.5, 0.6) is 0 Å². The van der Waals surface area contributed by atoms with Gasteiger partial charge in [0.2, 0.25) is 5.91 Å². The predicted molar refractivity (Wildman–Crippen MR) is 107 cm³/mol. The molecule has 5 nitrogen and oxygen atoms in total. The van der Waals surface area contributed by atoms with Crippen molar-refractivity contribution in [2.45, 2.75) is 25.7 Å². The van der Waals surface area contributed by atoms with Gasteiger partial charge in [-0.15, -0.1) is 12.4 Å². The number of anilines is 2. The molecule has 26 heavy (non-hydrogen) atoms. The van der Waals surface area contributed by atoms with Crippen LogP contribution in [0.4, 0.5) is 11.4 Å². The fourth-order valence-corrected chi connectivity index (χ4v) is 3.01. The lowest BCUT2D eigenvalue weighted by atomic mass is 10.1. The van der Waals surface area contributed by atoms with Crippen LogP contribution in [0.1, 0.15) is 35.2 Å². The Labute approximate surface area is 160 Å². The van der Waals surface area contributed by atoms with Gasteiger partial charge in [0.25, 0.3) is 5.91 Å². The quantitative estimate of drug-likeness (QED) is 0.787. The van der Waals surface area contributed by atoms with Crippen molar-refractivity contribution in [1.82, 2.24) is 4.90 Å². The standard InChI is InChI=1S/C20H23N3O2.ClH/c21-17-5-3-4-16(14-17)20(25)22-18-9-6-15(7-10-18)8-11-19(24)23-12-1-2-13-23;/h3-7,9-10,14H,1-2,8,11-13,21H2,(H,22,25);1H. The van der Waals surface area contributed by atoms with Gasteiger partial charge in [0.05, 0.1) is 0 Å². The monoisotopic (exact) mass is 373 g/mol. The molecule has 3 N–H and O–H groups in total. The van der Waals surface area contributed by atoms with Gasteiger partial charge in [0.1, 0.15) is 0 Å². The normalized spacial score (nSPS) is 13.2. The number of halogens is 1. The number of nitrogen functional groups attached to an aromatic ring is 1. The minimum absolute atomic E-state index is 0. The van der Waals surface area contributed by atoms with E-state index in [0.29, 0.717) is 17.7 Å². The van der Waals surface area contributed by atoms with Crippen LogP contribution in [0.3, 0.4) is 0 Å². The number of carbonyl (C=O) groups excluding carboxylic acids is 2. The number of nitrogens with one attached hydrogen (secondary N) is 1. The molecule has 0 aromatic heterocycles. The summed E-state index contributed by atoms with van der Waals surface area (Å²) >= 11 is 0. The van der Waals surface area contributed by atoms with Gasteiger partial charge in [-0.2, -0.15) is 0 Å². The summed E-state index contributed by atoms with van der Waals surface area (Å²) < 4.78 is 0. The van der Waals surface area contributed by atoms with Crippen LogP contribution >= 0.6 is 12.4 Å². The fourth-order valence-electron chi connectivity index (χ4n) is 3.01. The maximum Gasteiger partial charge on any atom is 0.255 e. The third-order valence-electron chi connectivity index (χ3n) is 4.45. The van der Waals surface area contributed by atoms with E-state index in [1.54, 1.807) is 24.3 Å². The van der Waals surface area contributed by atoms with E-state index >= 15 is 0 Å². The van der Waals surface area contributed by atoms with Crippen LogP contribution < -0.4 is 11.1 Å². The summed E-state index contributed by atoms with van der Waals surface area (Å²) in [6, 6.07) is 14.5. The van der Waals surface area contributed by atoms with Crippen LogP contribution in [0.2, 0.25) is 0 Å². The van der Waals surface area contributed by atoms with Crippen molar-refractivity contribution in [1.29, 1.82) is 0 Å². The van der Waals surface area contributed by atoms with E-state index < -0.39 is 0 Å². The molecule has 0 saturated carbocycles. The van der Waals surface area contributed by atoms with E-state index in [1.165, 1.54) is 0 Å². The molecule has 1 heterocycles. The van der Waals surface area contributed by atoms with E-state index in [2.05, 4.69) is 5.32 Å². The summed E-state index contributed by atoms with van der Waals surface area (Å²) in [5.74, 6) is 0.0424. The Morgan fingerprint density at radius 3 is 2.38 bits per heavy atom. The van der Waals surface area contributed by atoms with Crippen LogP contribution in [-0.4, -0.2) is 29.8 Å².